The monoisotopic (exact) mass is 572 g/mol. The lowest BCUT2D eigenvalue weighted by molar-refractivity contribution is -0.192. The van der Waals surface area contributed by atoms with Crippen LogP contribution < -0.4 is 21.5 Å². The highest BCUT2D eigenvalue weighted by molar-refractivity contribution is 5.95. The van der Waals surface area contributed by atoms with Crippen molar-refractivity contribution in [2.45, 2.75) is 44.8 Å². The molecule has 2 rings (SSSR count). The third-order valence-electron chi connectivity index (χ3n) is 5.09. The van der Waals surface area contributed by atoms with E-state index in [0.717, 1.165) is 0 Å². The van der Waals surface area contributed by atoms with Crippen LogP contribution in [-0.4, -0.2) is 58.0 Å². The number of nitrogen functional groups attached to an aromatic ring is 1. The van der Waals surface area contributed by atoms with Gasteiger partial charge in [-0.2, -0.15) is 13.2 Å². The van der Waals surface area contributed by atoms with Crippen molar-refractivity contribution in [1.82, 2.24) is 5.32 Å². The number of amides is 2. The highest BCUT2D eigenvalue weighted by atomic mass is 19.4. The van der Waals surface area contributed by atoms with Crippen molar-refractivity contribution >= 4 is 35.6 Å². The van der Waals surface area contributed by atoms with Gasteiger partial charge >= 0.3 is 24.1 Å². The van der Waals surface area contributed by atoms with Crippen molar-refractivity contribution in [3.8, 4) is 5.75 Å². The zero-order valence-electron chi connectivity index (χ0n) is 21.0. The summed E-state index contributed by atoms with van der Waals surface area (Å²) in [5.41, 5.74) is 10.9. The SMILES string of the molecule is CCC(Cc1ccc(C(=O)Oc2ccc(C(=N)N)cc2)o1)C(=O)N[C@H](CCC(N)=O)C(=O)O.O=C(O)C(F)(F)F. The third kappa shape index (κ3) is 11.2. The van der Waals surface area contributed by atoms with E-state index in [2.05, 4.69) is 5.32 Å². The van der Waals surface area contributed by atoms with Crippen LogP contribution in [0.15, 0.2) is 40.8 Å². The van der Waals surface area contributed by atoms with Gasteiger partial charge in [-0.1, -0.05) is 6.92 Å². The Balaban J connectivity index is 0.00000101. The second-order valence-corrected chi connectivity index (χ2v) is 8.11. The molecule has 0 spiro atoms. The van der Waals surface area contributed by atoms with Crippen LogP contribution in [0.25, 0.3) is 0 Å². The van der Waals surface area contributed by atoms with E-state index in [1.807, 2.05) is 0 Å². The smallest absolute Gasteiger partial charge is 0.480 e. The van der Waals surface area contributed by atoms with Crippen LogP contribution in [0.1, 0.15) is 48.1 Å². The average Bonchev–Trinajstić information content (AvgIpc) is 3.33. The molecular formula is C24H27F3N4O9. The molecule has 1 unspecified atom stereocenters. The quantitative estimate of drug-likeness (QED) is 0.0933. The van der Waals surface area contributed by atoms with E-state index in [1.54, 1.807) is 6.92 Å². The number of amidine groups is 1. The van der Waals surface area contributed by atoms with Crippen LogP contribution in [0.2, 0.25) is 0 Å². The summed E-state index contributed by atoms with van der Waals surface area (Å²) in [6.45, 7) is 1.76. The number of carbonyl (C=O) groups excluding carboxylic acids is 3. The fraction of sp³-hybridized carbons (Fsp3) is 0.333. The Morgan fingerprint density at radius 2 is 1.62 bits per heavy atom. The summed E-state index contributed by atoms with van der Waals surface area (Å²) in [6, 6.07) is 7.77. The molecule has 218 valence electrons. The number of benzene rings is 1. The first-order chi connectivity index (χ1) is 18.5. The largest absolute Gasteiger partial charge is 0.490 e. The van der Waals surface area contributed by atoms with E-state index >= 15 is 0 Å². The second-order valence-electron chi connectivity index (χ2n) is 8.11. The minimum atomic E-state index is -5.08. The Labute approximate surface area is 224 Å². The molecular weight excluding hydrogens is 545 g/mol. The number of primary amides is 1. The molecule has 0 aliphatic heterocycles. The van der Waals surface area contributed by atoms with Crippen molar-refractivity contribution in [2.75, 3.05) is 0 Å². The van der Waals surface area contributed by atoms with Crippen molar-refractivity contribution in [1.29, 1.82) is 5.41 Å². The van der Waals surface area contributed by atoms with Crippen LogP contribution >= 0.6 is 0 Å². The standard InChI is InChI=1S/C22H26N4O7.C2HF3O2/c1-2-12(20(28)26-16(21(29)30)8-10-18(23)27)11-15-7-9-17(32-15)22(31)33-14-5-3-13(4-6-14)19(24)25;3-2(4,5)1(6)7/h3-7,9,12,16H,2,8,10-11H2,1H3,(H2,23,27)(H3,24,25)(H,26,28)(H,29,30);(H,6,7)/t12?,16-;/m1./s1. The van der Waals surface area contributed by atoms with Gasteiger partial charge < -0.3 is 36.2 Å². The van der Waals surface area contributed by atoms with Crippen LogP contribution in [0.5, 0.6) is 5.75 Å². The molecule has 13 nitrogen and oxygen atoms in total. The molecule has 0 fully saturated rings. The fourth-order valence-electron chi connectivity index (χ4n) is 2.96. The minimum absolute atomic E-state index is 0.0687. The predicted molar refractivity (Wildman–Crippen MR) is 130 cm³/mol. The third-order valence-corrected chi connectivity index (χ3v) is 5.09. The lowest BCUT2D eigenvalue weighted by Gasteiger charge is -2.18. The van der Waals surface area contributed by atoms with Gasteiger partial charge in [0.15, 0.2) is 0 Å². The van der Waals surface area contributed by atoms with Gasteiger partial charge in [-0.15, -0.1) is 0 Å². The molecule has 1 aromatic carbocycles. The van der Waals surface area contributed by atoms with Crippen LogP contribution in [0.4, 0.5) is 13.2 Å². The number of carbonyl (C=O) groups is 5. The number of hydrogen-bond acceptors (Lipinski definition) is 8. The Bertz CT molecular complexity index is 1230. The van der Waals surface area contributed by atoms with Gasteiger partial charge in [0.05, 0.1) is 0 Å². The molecule has 0 aliphatic carbocycles. The first-order valence-corrected chi connectivity index (χ1v) is 11.4. The first kappa shape index (κ1) is 33.1. The Morgan fingerprint density at radius 3 is 2.08 bits per heavy atom. The van der Waals surface area contributed by atoms with Gasteiger partial charge in [-0.3, -0.25) is 15.0 Å². The van der Waals surface area contributed by atoms with Gasteiger partial charge in [0.1, 0.15) is 23.4 Å². The number of rotatable bonds is 12. The maximum absolute atomic E-state index is 12.5. The number of aliphatic carboxylic acids is 2. The number of furan rings is 1. The average molecular weight is 572 g/mol. The molecule has 40 heavy (non-hydrogen) atoms. The fourth-order valence-corrected chi connectivity index (χ4v) is 2.96. The number of nitrogens with two attached hydrogens (primary N) is 2. The summed E-state index contributed by atoms with van der Waals surface area (Å²) in [7, 11) is 0. The first-order valence-electron chi connectivity index (χ1n) is 11.4. The van der Waals surface area contributed by atoms with E-state index in [1.165, 1.54) is 36.4 Å². The van der Waals surface area contributed by atoms with Crippen molar-refractivity contribution in [2.24, 2.45) is 17.4 Å². The van der Waals surface area contributed by atoms with Crippen molar-refractivity contribution in [3.63, 3.8) is 0 Å². The van der Waals surface area contributed by atoms with E-state index in [0.29, 0.717) is 17.7 Å². The molecule has 0 radical (unpaired) electrons. The normalized spacial score (nSPS) is 12.2. The summed E-state index contributed by atoms with van der Waals surface area (Å²) >= 11 is 0. The van der Waals surface area contributed by atoms with Gasteiger partial charge in [-0.25, -0.2) is 14.4 Å². The second kappa shape index (κ2) is 14.9. The molecule has 2 atom stereocenters. The van der Waals surface area contributed by atoms with E-state index in [4.69, 9.17) is 35.9 Å². The summed E-state index contributed by atoms with van der Waals surface area (Å²) in [5, 5.41) is 26.2. The molecule has 2 aromatic rings. The molecule has 0 aliphatic rings. The molecule has 0 saturated carbocycles. The van der Waals surface area contributed by atoms with Crippen LogP contribution in [0, 0.1) is 11.3 Å². The van der Waals surface area contributed by atoms with Crippen molar-refractivity contribution in [3.05, 3.63) is 53.5 Å². The van der Waals surface area contributed by atoms with E-state index < -0.39 is 47.9 Å². The van der Waals surface area contributed by atoms with Gasteiger partial charge in [0.2, 0.25) is 17.6 Å². The lowest BCUT2D eigenvalue weighted by Crippen LogP contribution is -2.44. The maximum Gasteiger partial charge on any atom is 0.490 e. The highest BCUT2D eigenvalue weighted by Gasteiger charge is 2.38. The zero-order valence-corrected chi connectivity index (χ0v) is 21.0. The number of halogens is 3. The van der Waals surface area contributed by atoms with Crippen molar-refractivity contribution < 1.29 is 56.5 Å². The molecule has 1 aromatic heterocycles. The van der Waals surface area contributed by atoms with E-state index in [9.17, 15) is 37.5 Å². The predicted octanol–water partition coefficient (Wildman–Crippen LogP) is 1.82. The number of carboxylic acids is 2. The van der Waals surface area contributed by atoms with Gasteiger partial charge in [-0.05, 0) is 49.2 Å². The summed E-state index contributed by atoms with van der Waals surface area (Å²) < 4.78 is 42.5. The Hall–Kier alpha value is -4.89. The summed E-state index contributed by atoms with van der Waals surface area (Å²) in [5.74, 6) is -6.15. The molecule has 0 saturated heterocycles. The molecule has 0 bridgehead atoms. The summed E-state index contributed by atoms with van der Waals surface area (Å²) in [4.78, 5) is 56.0. The van der Waals surface area contributed by atoms with Crippen LogP contribution in [0.3, 0.4) is 0 Å². The molecule has 2 amide bonds. The van der Waals surface area contributed by atoms with Gasteiger partial charge in [0, 0.05) is 24.3 Å². The number of alkyl halides is 3. The molecule has 8 N–H and O–H groups in total. The zero-order chi connectivity index (χ0) is 30.6. The topological polar surface area (TPSA) is 236 Å². The van der Waals surface area contributed by atoms with Crippen LogP contribution in [-0.2, 0) is 25.6 Å². The Kier molecular flexibility index (Phi) is 12.3. The number of nitrogens with one attached hydrogen (secondary N) is 2. The minimum Gasteiger partial charge on any atom is -0.480 e. The Morgan fingerprint density at radius 1 is 1.05 bits per heavy atom. The number of hydrogen-bond donors (Lipinski definition) is 6. The molecule has 1 heterocycles. The number of carboxylic acid groups (broad SMARTS) is 2. The lowest BCUT2D eigenvalue weighted by atomic mass is 9.99. The van der Waals surface area contributed by atoms with E-state index in [-0.39, 0.29) is 36.6 Å². The molecule has 16 heteroatoms. The van der Waals surface area contributed by atoms with Gasteiger partial charge in [0.25, 0.3) is 0 Å². The summed E-state index contributed by atoms with van der Waals surface area (Å²) in [6.07, 6.45) is -4.85. The number of ether oxygens (including phenoxy) is 1. The number of esters is 1. The maximum atomic E-state index is 12.5. The highest BCUT2D eigenvalue weighted by Crippen LogP contribution is 2.19.